The maximum Gasteiger partial charge on any atom is 0.419 e. The van der Waals surface area contributed by atoms with E-state index in [4.69, 9.17) is 5.11 Å². The molecular formula is C9H11F3N2O2. The van der Waals surface area contributed by atoms with Gasteiger partial charge in [0.2, 0.25) is 0 Å². The number of carbonyl (C=O) groups is 1. The van der Waals surface area contributed by atoms with Gasteiger partial charge in [0.15, 0.2) is 0 Å². The summed E-state index contributed by atoms with van der Waals surface area (Å²) in [5.41, 5.74) is -3.01. The zero-order valence-electron chi connectivity index (χ0n) is 8.96. The largest absolute Gasteiger partial charge is 0.481 e. The number of aromatic nitrogens is 2. The van der Waals surface area contributed by atoms with E-state index < -0.39 is 23.1 Å². The zero-order valence-corrected chi connectivity index (χ0v) is 8.96. The lowest BCUT2D eigenvalue weighted by Crippen LogP contribution is -2.33. The number of alkyl halides is 3. The second-order valence-corrected chi connectivity index (χ2v) is 3.96. The van der Waals surface area contributed by atoms with Gasteiger partial charge in [0.05, 0.1) is 17.5 Å². The summed E-state index contributed by atoms with van der Waals surface area (Å²) in [6, 6.07) is 0. The van der Waals surface area contributed by atoms with Crippen LogP contribution in [0, 0.1) is 0 Å². The molecule has 0 spiro atoms. The minimum atomic E-state index is -4.60. The van der Waals surface area contributed by atoms with E-state index in [1.54, 1.807) is 0 Å². The molecule has 16 heavy (non-hydrogen) atoms. The molecule has 0 saturated heterocycles. The van der Waals surface area contributed by atoms with Gasteiger partial charge in [-0.3, -0.25) is 9.48 Å². The summed E-state index contributed by atoms with van der Waals surface area (Å²) in [4.78, 5) is 10.9. The molecular weight excluding hydrogens is 225 g/mol. The molecule has 7 heteroatoms. The quantitative estimate of drug-likeness (QED) is 0.851. The molecule has 0 atom stereocenters. The molecule has 0 radical (unpaired) electrons. The number of hydrogen-bond acceptors (Lipinski definition) is 2. The number of halogens is 3. The van der Waals surface area contributed by atoms with E-state index in [0.717, 1.165) is 4.68 Å². The molecule has 0 fully saturated rings. The number of carboxylic acid groups (broad SMARTS) is 1. The molecule has 4 nitrogen and oxygen atoms in total. The molecule has 1 heterocycles. The molecule has 0 aromatic carbocycles. The molecule has 1 aromatic heterocycles. The van der Waals surface area contributed by atoms with Gasteiger partial charge in [0.1, 0.15) is 5.41 Å². The van der Waals surface area contributed by atoms with E-state index in [1.165, 1.54) is 20.9 Å². The van der Waals surface area contributed by atoms with Crippen molar-refractivity contribution in [2.24, 2.45) is 7.05 Å². The highest BCUT2D eigenvalue weighted by molar-refractivity contribution is 5.80. The minimum absolute atomic E-state index is 0.354. The normalized spacial score (nSPS) is 12.9. The third kappa shape index (κ3) is 1.89. The predicted molar refractivity (Wildman–Crippen MR) is 48.9 cm³/mol. The van der Waals surface area contributed by atoms with Crippen LogP contribution in [0.15, 0.2) is 6.20 Å². The van der Waals surface area contributed by atoms with Crippen molar-refractivity contribution in [3.8, 4) is 0 Å². The highest BCUT2D eigenvalue weighted by Crippen LogP contribution is 2.37. The second kappa shape index (κ2) is 3.50. The van der Waals surface area contributed by atoms with Crippen LogP contribution >= 0.6 is 0 Å². The molecule has 1 aromatic rings. The fourth-order valence-electron chi connectivity index (χ4n) is 1.49. The van der Waals surface area contributed by atoms with Crippen molar-refractivity contribution in [3.63, 3.8) is 0 Å². The topological polar surface area (TPSA) is 55.1 Å². The molecule has 0 amide bonds. The first-order valence-corrected chi connectivity index (χ1v) is 4.41. The second-order valence-electron chi connectivity index (χ2n) is 3.96. The average molecular weight is 236 g/mol. The molecule has 0 aliphatic carbocycles. The predicted octanol–water partition coefficient (Wildman–Crippen LogP) is 1.80. The van der Waals surface area contributed by atoms with Gasteiger partial charge in [0.25, 0.3) is 0 Å². The van der Waals surface area contributed by atoms with E-state index in [0.29, 0.717) is 6.20 Å². The van der Waals surface area contributed by atoms with E-state index in [9.17, 15) is 18.0 Å². The number of hydrogen-bond donors (Lipinski definition) is 1. The monoisotopic (exact) mass is 236 g/mol. The maximum atomic E-state index is 12.6. The molecule has 1 rings (SSSR count). The fraction of sp³-hybridized carbons (Fsp3) is 0.556. The van der Waals surface area contributed by atoms with Crippen LogP contribution in [-0.2, 0) is 23.4 Å². The SMILES string of the molecule is Cn1ncc(C(F)(F)F)c1C(C)(C)C(=O)O. The van der Waals surface area contributed by atoms with Crippen molar-refractivity contribution in [3.05, 3.63) is 17.5 Å². The fourth-order valence-corrected chi connectivity index (χ4v) is 1.49. The molecule has 0 saturated carbocycles. The Morgan fingerprint density at radius 2 is 1.94 bits per heavy atom. The van der Waals surface area contributed by atoms with Crippen LogP contribution in [0.1, 0.15) is 25.1 Å². The Morgan fingerprint density at radius 3 is 2.31 bits per heavy atom. The van der Waals surface area contributed by atoms with Gasteiger partial charge in [0, 0.05) is 7.05 Å². The third-order valence-corrected chi connectivity index (χ3v) is 2.37. The minimum Gasteiger partial charge on any atom is -0.481 e. The molecule has 0 unspecified atom stereocenters. The van der Waals surface area contributed by atoms with Crippen molar-refractivity contribution < 1.29 is 23.1 Å². The van der Waals surface area contributed by atoms with Gasteiger partial charge >= 0.3 is 12.1 Å². The number of aliphatic carboxylic acids is 1. The van der Waals surface area contributed by atoms with E-state index in [2.05, 4.69) is 5.10 Å². The number of rotatable bonds is 2. The summed E-state index contributed by atoms with van der Waals surface area (Å²) in [5.74, 6) is -1.33. The maximum absolute atomic E-state index is 12.6. The lowest BCUT2D eigenvalue weighted by molar-refractivity contribution is -0.145. The Labute approximate surface area is 89.7 Å². The summed E-state index contributed by atoms with van der Waals surface area (Å²) in [6.45, 7) is 2.42. The smallest absolute Gasteiger partial charge is 0.419 e. The number of carboxylic acids is 1. The summed E-state index contributed by atoms with van der Waals surface area (Å²) >= 11 is 0. The van der Waals surface area contributed by atoms with Crippen LogP contribution in [0.5, 0.6) is 0 Å². The molecule has 0 aliphatic heterocycles. The van der Waals surface area contributed by atoms with Gasteiger partial charge in [-0.25, -0.2) is 0 Å². The van der Waals surface area contributed by atoms with Crippen LogP contribution in [0.25, 0.3) is 0 Å². The number of nitrogens with zero attached hydrogens (tertiary/aromatic N) is 2. The summed E-state index contributed by atoms with van der Waals surface area (Å²) < 4.78 is 38.8. The van der Waals surface area contributed by atoms with Gasteiger partial charge < -0.3 is 5.11 Å². The molecule has 90 valence electrons. The molecule has 1 N–H and O–H groups in total. The van der Waals surface area contributed by atoms with Crippen LogP contribution < -0.4 is 0 Å². The van der Waals surface area contributed by atoms with Crippen LogP contribution in [0.4, 0.5) is 13.2 Å². The first-order valence-electron chi connectivity index (χ1n) is 4.41. The van der Waals surface area contributed by atoms with Gasteiger partial charge in [-0.2, -0.15) is 18.3 Å². The standard InChI is InChI=1S/C9H11F3N2O2/c1-8(2,7(15)16)6-5(9(10,11)12)4-13-14(6)3/h4H,1-3H3,(H,15,16). The Balaban J connectivity index is 3.44. The van der Waals surface area contributed by atoms with Crippen LogP contribution in [-0.4, -0.2) is 20.9 Å². The third-order valence-electron chi connectivity index (χ3n) is 2.37. The Morgan fingerprint density at radius 1 is 1.44 bits per heavy atom. The van der Waals surface area contributed by atoms with Crippen molar-refractivity contribution >= 4 is 5.97 Å². The highest BCUT2D eigenvalue weighted by Gasteiger charge is 2.43. The first-order chi connectivity index (χ1) is 7.08. The molecule has 0 bridgehead atoms. The van der Waals surface area contributed by atoms with Gasteiger partial charge in [-0.05, 0) is 13.8 Å². The van der Waals surface area contributed by atoms with Crippen molar-refractivity contribution in [1.82, 2.24) is 9.78 Å². The summed E-state index contributed by atoms with van der Waals surface area (Å²) in [5, 5.41) is 12.4. The van der Waals surface area contributed by atoms with E-state index in [-0.39, 0.29) is 5.69 Å². The van der Waals surface area contributed by atoms with Crippen molar-refractivity contribution in [2.45, 2.75) is 25.4 Å². The van der Waals surface area contributed by atoms with Crippen LogP contribution in [0.3, 0.4) is 0 Å². The Kier molecular flexibility index (Phi) is 2.74. The number of aryl methyl sites for hydroxylation is 1. The highest BCUT2D eigenvalue weighted by atomic mass is 19.4. The van der Waals surface area contributed by atoms with Gasteiger partial charge in [-0.1, -0.05) is 0 Å². The average Bonchev–Trinajstić information content (AvgIpc) is 2.46. The van der Waals surface area contributed by atoms with Crippen LogP contribution in [0.2, 0.25) is 0 Å². The van der Waals surface area contributed by atoms with E-state index in [1.807, 2.05) is 0 Å². The Hall–Kier alpha value is -1.53. The lowest BCUT2D eigenvalue weighted by atomic mass is 9.87. The van der Waals surface area contributed by atoms with Crippen molar-refractivity contribution in [2.75, 3.05) is 0 Å². The summed E-state index contributed by atoms with van der Waals surface area (Å²) in [6.07, 6.45) is -3.96. The van der Waals surface area contributed by atoms with Crippen molar-refractivity contribution in [1.29, 1.82) is 0 Å². The zero-order chi connectivity index (χ0) is 12.7. The van der Waals surface area contributed by atoms with Gasteiger partial charge in [-0.15, -0.1) is 0 Å². The lowest BCUT2D eigenvalue weighted by Gasteiger charge is -2.22. The molecule has 0 aliphatic rings. The van der Waals surface area contributed by atoms with E-state index >= 15 is 0 Å². The summed E-state index contributed by atoms with van der Waals surface area (Å²) in [7, 11) is 1.29. The Bertz CT molecular complexity index is 421. The first kappa shape index (κ1) is 12.5.